The van der Waals surface area contributed by atoms with Gasteiger partial charge in [0.05, 0.1) is 24.3 Å². The molecule has 7 nitrogen and oxygen atoms in total. The number of nitrogens with zero attached hydrogens (tertiary/aromatic N) is 3. The molecule has 1 aromatic rings. The number of hydrogen-bond donors (Lipinski definition) is 1. The molecule has 0 aromatic carbocycles. The molecule has 2 fully saturated rings. The highest BCUT2D eigenvalue weighted by Crippen LogP contribution is 2.29. The van der Waals surface area contributed by atoms with Gasteiger partial charge < -0.3 is 19.7 Å². The third kappa shape index (κ3) is 4.67. The summed E-state index contributed by atoms with van der Waals surface area (Å²) in [6.07, 6.45) is 2.07. The lowest BCUT2D eigenvalue weighted by molar-refractivity contribution is -0.143. The van der Waals surface area contributed by atoms with E-state index in [0.717, 1.165) is 44.7 Å². The van der Waals surface area contributed by atoms with Gasteiger partial charge in [-0.1, -0.05) is 0 Å². The highest BCUT2D eigenvalue weighted by Gasteiger charge is 2.26. The Morgan fingerprint density at radius 3 is 2.56 bits per heavy atom. The van der Waals surface area contributed by atoms with E-state index in [4.69, 9.17) is 14.5 Å². The van der Waals surface area contributed by atoms with Gasteiger partial charge in [0.25, 0.3) is 0 Å². The zero-order valence-corrected chi connectivity index (χ0v) is 15.4. The molecule has 0 unspecified atom stereocenters. The first kappa shape index (κ1) is 18.1. The second kappa shape index (κ2) is 7.66. The first-order chi connectivity index (χ1) is 11.9. The first-order valence-corrected chi connectivity index (χ1v) is 9.08. The molecule has 3 rings (SSSR count). The summed E-state index contributed by atoms with van der Waals surface area (Å²) in [6.45, 7) is 10.3. The van der Waals surface area contributed by atoms with Crippen LogP contribution in [0.1, 0.15) is 45.2 Å². The number of carbonyl (C=O) groups excluding carboxylic acids is 1. The van der Waals surface area contributed by atoms with Crippen LogP contribution in [0.4, 0.5) is 5.95 Å². The number of esters is 1. The molecule has 3 heterocycles. The smallest absolute Gasteiger partial charge is 0.317 e. The summed E-state index contributed by atoms with van der Waals surface area (Å²) >= 11 is 0. The third-order valence-corrected chi connectivity index (χ3v) is 4.57. The second-order valence-electron chi connectivity index (χ2n) is 7.69. The van der Waals surface area contributed by atoms with Crippen LogP contribution in [-0.2, 0) is 9.53 Å². The predicted molar refractivity (Wildman–Crippen MR) is 95.0 cm³/mol. The molecule has 0 radical (unpaired) electrons. The molecular formula is C18H28N4O3. The zero-order chi connectivity index (χ0) is 17.9. The Kier molecular flexibility index (Phi) is 5.54. The van der Waals surface area contributed by atoms with Gasteiger partial charge in [0.1, 0.15) is 0 Å². The number of morpholine rings is 1. The van der Waals surface area contributed by atoms with Crippen molar-refractivity contribution in [3.05, 3.63) is 11.8 Å². The summed E-state index contributed by atoms with van der Waals surface area (Å²) in [5.41, 5.74) is 0.397. The van der Waals surface area contributed by atoms with Crippen LogP contribution in [0.2, 0.25) is 0 Å². The quantitative estimate of drug-likeness (QED) is 0.834. The molecule has 1 N–H and O–H groups in total. The summed E-state index contributed by atoms with van der Waals surface area (Å²) in [7, 11) is 0. The molecule has 1 aromatic heterocycles. The van der Waals surface area contributed by atoms with Gasteiger partial charge in [-0.25, -0.2) is 4.98 Å². The van der Waals surface area contributed by atoms with Crippen LogP contribution in [0.15, 0.2) is 6.07 Å². The Morgan fingerprint density at radius 2 is 1.92 bits per heavy atom. The zero-order valence-electron chi connectivity index (χ0n) is 15.4. The van der Waals surface area contributed by atoms with Gasteiger partial charge in [-0.3, -0.25) is 4.79 Å². The molecule has 2 aliphatic heterocycles. The summed E-state index contributed by atoms with van der Waals surface area (Å²) in [4.78, 5) is 23.7. The van der Waals surface area contributed by atoms with Crippen LogP contribution < -0.4 is 15.0 Å². The lowest BCUT2D eigenvalue weighted by Crippen LogP contribution is -2.38. The maximum Gasteiger partial charge on any atom is 0.317 e. The standard InChI is InChI=1S/C18H28N4O3/c1-18(2,3)16(23)25-15-12-14(13-4-6-19-7-5-13)20-17(21-15)22-8-10-24-11-9-22/h12-13,19H,4-11H2,1-3H3. The topological polar surface area (TPSA) is 76.6 Å². The number of ether oxygens (including phenoxy) is 2. The lowest BCUT2D eigenvalue weighted by atomic mass is 9.94. The van der Waals surface area contributed by atoms with E-state index in [1.54, 1.807) is 0 Å². The monoisotopic (exact) mass is 348 g/mol. The van der Waals surface area contributed by atoms with E-state index in [2.05, 4.69) is 15.2 Å². The minimum atomic E-state index is -0.570. The van der Waals surface area contributed by atoms with Crippen LogP contribution in [0.5, 0.6) is 5.88 Å². The molecule has 2 aliphatic rings. The molecule has 0 spiro atoms. The van der Waals surface area contributed by atoms with Crippen molar-refractivity contribution < 1.29 is 14.3 Å². The van der Waals surface area contributed by atoms with E-state index in [0.29, 0.717) is 31.0 Å². The third-order valence-electron chi connectivity index (χ3n) is 4.57. The van der Waals surface area contributed by atoms with Crippen molar-refractivity contribution >= 4 is 11.9 Å². The van der Waals surface area contributed by atoms with Gasteiger partial charge in [0.2, 0.25) is 11.8 Å². The molecule has 0 bridgehead atoms. The Hall–Kier alpha value is -1.73. The van der Waals surface area contributed by atoms with E-state index in [1.807, 2.05) is 26.8 Å². The number of hydrogen-bond acceptors (Lipinski definition) is 7. The van der Waals surface area contributed by atoms with Crippen LogP contribution in [0.3, 0.4) is 0 Å². The normalized spacial score (nSPS) is 19.7. The molecule has 7 heteroatoms. The van der Waals surface area contributed by atoms with Crippen LogP contribution in [-0.4, -0.2) is 55.3 Å². The van der Waals surface area contributed by atoms with Gasteiger partial charge in [0.15, 0.2) is 0 Å². The van der Waals surface area contributed by atoms with E-state index in [9.17, 15) is 4.79 Å². The van der Waals surface area contributed by atoms with E-state index in [1.165, 1.54) is 0 Å². The highest BCUT2D eigenvalue weighted by molar-refractivity contribution is 5.77. The molecule has 0 aliphatic carbocycles. The van der Waals surface area contributed by atoms with Gasteiger partial charge in [-0.2, -0.15) is 4.98 Å². The molecule has 138 valence electrons. The Bertz CT molecular complexity index is 567. The van der Waals surface area contributed by atoms with Gasteiger partial charge in [-0.15, -0.1) is 0 Å². The lowest BCUT2D eigenvalue weighted by Gasteiger charge is -2.29. The van der Waals surface area contributed by atoms with Gasteiger partial charge in [0, 0.05) is 25.1 Å². The maximum atomic E-state index is 12.3. The number of nitrogens with one attached hydrogen (secondary N) is 1. The Morgan fingerprint density at radius 1 is 1.24 bits per heavy atom. The second-order valence-corrected chi connectivity index (χ2v) is 7.69. The van der Waals surface area contributed by atoms with Crippen molar-refractivity contribution in [3.8, 4) is 5.88 Å². The number of piperidine rings is 1. The molecular weight excluding hydrogens is 320 g/mol. The van der Waals surface area contributed by atoms with Crippen molar-refractivity contribution in [1.82, 2.24) is 15.3 Å². The van der Waals surface area contributed by atoms with Crippen LogP contribution in [0, 0.1) is 5.41 Å². The predicted octanol–water partition coefficient (Wildman–Crippen LogP) is 1.73. The fourth-order valence-corrected chi connectivity index (χ4v) is 2.96. The summed E-state index contributed by atoms with van der Waals surface area (Å²) in [5, 5.41) is 3.37. The van der Waals surface area contributed by atoms with Crippen molar-refractivity contribution in [2.75, 3.05) is 44.3 Å². The van der Waals surface area contributed by atoms with Crippen molar-refractivity contribution in [2.45, 2.75) is 39.5 Å². The SMILES string of the molecule is CC(C)(C)C(=O)Oc1cc(C2CCNCC2)nc(N2CCOCC2)n1. The Balaban J connectivity index is 1.88. The van der Waals surface area contributed by atoms with Crippen molar-refractivity contribution in [3.63, 3.8) is 0 Å². The Labute approximate surface area is 149 Å². The fraction of sp³-hybridized carbons (Fsp3) is 0.722. The van der Waals surface area contributed by atoms with Gasteiger partial charge in [-0.05, 0) is 46.7 Å². The van der Waals surface area contributed by atoms with Crippen LogP contribution >= 0.6 is 0 Å². The molecule has 2 saturated heterocycles. The number of rotatable bonds is 3. The average Bonchev–Trinajstić information content (AvgIpc) is 2.62. The van der Waals surface area contributed by atoms with E-state index in [-0.39, 0.29) is 5.97 Å². The molecule has 25 heavy (non-hydrogen) atoms. The number of anilines is 1. The number of aromatic nitrogens is 2. The maximum absolute atomic E-state index is 12.3. The minimum Gasteiger partial charge on any atom is -0.407 e. The van der Waals surface area contributed by atoms with Crippen molar-refractivity contribution in [2.24, 2.45) is 5.41 Å². The summed E-state index contributed by atoms with van der Waals surface area (Å²) in [5.74, 6) is 1.08. The highest BCUT2D eigenvalue weighted by atomic mass is 16.5. The van der Waals surface area contributed by atoms with E-state index < -0.39 is 5.41 Å². The largest absolute Gasteiger partial charge is 0.407 e. The molecule has 0 atom stereocenters. The molecule has 0 saturated carbocycles. The minimum absolute atomic E-state index is 0.282. The van der Waals surface area contributed by atoms with Gasteiger partial charge >= 0.3 is 5.97 Å². The summed E-state index contributed by atoms with van der Waals surface area (Å²) < 4.78 is 11.0. The molecule has 0 amide bonds. The fourth-order valence-electron chi connectivity index (χ4n) is 2.96. The van der Waals surface area contributed by atoms with Crippen LogP contribution in [0.25, 0.3) is 0 Å². The first-order valence-electron chi connectivity index (χ1n) is 9.08. The summed E-state index contributed by atoms with van der Waals surface area (Å²) in [6, 6.07) is 1.84. The number of carbonyl (C=O) groups is 1. The van der Waals surface area contributed by atoms with Crippen molar-refractivity contribution in [1.29, 1.82) is 0 Å². The average molecular weight is 348 g/mol. The van der Waals surface area contributed by atoms with E-state index >= 15 is 0 Å².